The smallest absolute Gasteiger partial charge is 0.268 e. The van der Waals surface area contributed by atoms with E-state index in [1.54, 1.807) is 36.5 Å². The summed E-state index contributed by atoms with van der Waals surface area (Å²) in [5, 5.41) is 15.5. The molecule has 0 N–H and O–H groups in total. The van der Waals surface area contributed by atoms with E-state index < -0.39 is 22.2 Å². The molecule has 0 saturated heterocycles. The Kier molecular flexibility index (Phi) is 13.7. The largest absolute Gasteiger partial charge is 0.271 e. The van der Waals surface area contributed by atoms with Gasteiger partial charge in [-0.1, -0.05) is 155 Å². The minimum absolute atomic E-state index is 0.0884. The number of hydrogen-bond acceptors (Lipinski definition) is 10. The first kappa shape index (κ1) is 51.1. The molecule has 7 aromatic carbocycles. The van der Waals surface area contributed by atoms with Crippen LogP contribution in [0.2, 0.25) is 0 Å². The highest BCUT2D eigenvalue weighted by atomic mass is 16.6. The molecule has 0 fully saturated rings. The van der Waals surface area contributed by atoms with Crippen molar-refractivity contribution in [1.29, 1.82) is 0 Å². The van der Waals surface area contributed by atoms with E-state index in [-0.39, 0.29) is 39.8 Å². The zero-order valence-electron chi connectivity index (χ0n) is 45.3. The lowest BCUT2D eigenvalue weighted by Gasteiger charge is -2.24. The van der Waals surface area contributed by atoms with Crippen LogP contribution in [-0.2, 0) is 0 Å². The molecule has 0 aliphatic carbocycles. The van der Waals surface area contributed by atoms with Gasteiger partial charge in [0.05, 0.1) is 10.8 Å². The van der Waals surface area contributed by atoms with E-state index in [0.29, 0.717) is 112 Å². The van der Waals surface area contributed by atoms with Crippen LogP contribution in [-0.4, -0.2) is 29.0 Å². The lowest BCUT2D eigenvalue weighted by molar-refractivity contribution is 0.315. The Hall–Kier alpha value is -7.67. The Balaban J connectivity index is 1.18. The predicted molar refractivity (Wildman–Crippen MR) is 317 cm³/mol. The summed E-state index contributed by atoms with van der Waals surface area (Å²) < 4.78 is 9.11. The molecule has 5 aromatic heterocycles. The third kappa shape index (κ3) is 8.04. The molecule has 0 aliphatic rings. The lowest BCUT2D eigenvalue weighted by atomic mass is 9.81. The van der Waals surface area contributed by atoms with Crippen molar-refractivity contribution in [2.24, 2.45) is 0 Å². The van der Waals surface area contributed by atoms with Gasteiger partial charge in [-0.25, -0.2) is 14.2 Å². The van der Waals surface area contributed by atoms with Crippen molar-refractivity contribution >= 4 is 97.2 Å². The molecule has 0 radical (unpaired) electrons. The molecule has 13 heteroatoms. The molecular formula is C65H66N6O7. The van der Waals surface area contributed by atoms with Crippen LogP contribution in [0.5, 0.6) is 0 Å². The van der Waals surface area contributed by atoms with Crippen molar-refractivity contribution in [1.82, 2.24) is 29.0 Å². The summed E-state index contributed by atoms with van der Waals surface area (Å²) in [6, 6.07) is 19.3. The fourth-order valence-electron chi connectivity index (χ4n) is 13.5. The fraction of sp³-hybridized carbons (Fsp3) is 0.400. The van der Waals surface area contributed by atoms with Gasteiger partial charge in [-0.2, -0.15) is 0 Å². The van der Waals surface area contributed by atoms with E-state index in [1.807, 2.05) is 36.4 Å². The Labute approximate surface area is 449 Å². The Morgan fingerprint density at radius 2 is 0.846 bits per heavy atom. The van der Waals surface area contributed by atoms with Crippen molar-refractivity contribution in [2.75, 3.05) is 0 Å². The van der Waals surface area contributed by atoms with Crippen LogP contribution < -0.4 is 33.4 Å². The molecule has 0 spiro atoms. The van der Waals surface area contributed by atoms with Crippen LogP contribution in [0.25, 0.3) is 114 Å². The molecule has 5 heterocycles. The molecular weight excluding hydrogens is 977 g/mol. The minimum Gasteiger partial charge on any atom is -0.271 e. The fourth-order valence-corrected chi connectivity index (χ4v) is 13.5. The van der Waals surface area contributed by atoms with Crippen molar-refractivity contribution in [3.8, 4) is 16.9 Å². The second kappa shape index (κ2) is 20.9. The first-order valence-corrected chi connectivity index (χ1v) is 29.0. The highest BCUT2D eigenvalue weighted by Crippen LogP contribution is 2.50. The van der Waals surface area contributed by atoms with Gasteiger partial charge in [0.1, 0.15) is 16.9 Å². The number of benzene rings is 7. The Bertz CT molecular complexity index is 4300. The third-order valence-electron chi connectivity index (χ3n) is 17.4. The summed E-state index contributed by atoms with van der Waals surface area (Å²) in [4.78, 5) is 97.4. The molecule has 78 heavy (non-hydrogen) atoms. The summed E-state index contributed by atoms with van der Waals surface area (Å²) in [7, 11) is 0. The standard InChI is InChI=1S/C65H66N6O7/c1-5-9-13-17-22-38(23-18-14-10-6-2)69-60(72)43-31-29-41-42-30-32-44-52-48(63(75)70(61(44)73)39(24-19-15-11-7-3)25-20-16-12-8-4)35-46-56(54(42)52)55-45(34-47(62(69)74)51(43)53(41)55)57-58(46)65(77)71(64(57)76)50-33-28-37(36-66-50)40-26-21-27-49-59(40)68-78-67-49/h21,26-36,38-39H,5-20,22-25H2,1-4H3. The van der Waals surface area contributed by atoms with Gasteiger partial charge in [0.2, 0.25) is 0 Å². The number of fused-ring (bicyclic) bond motifs is 5. The maximum Gasteiger partial charge on any atom is 0.268 e. The second-order valence-corrected chi connectivity index (χ2v) is 22.2. The summed E-state index contributed by atoms with van der Waals surface area (Å²) in [5.74, 6) is 0.0884. The molecule has 0 aliphatic heterocycles. The average molecular weight is 1040 g/mol. The van der Waals surface area contributed by atoms with Crippen LogP contribution in [0.4, 0.5) is 0 Å². The van der Waals surface area contributed by atoms with E-state index in [1.165, 1.54) is 9.13 Å². The lowest BCUT2D eigenvalue weighted by Crippen LogP contribution is -2.37. The maximum absolute atomic E-state index is 15.6. The van der Waals surface area contributed by atoms with Gasteiger partial charge in [0.15, 0.2) is 0 Å². The highest BCUT2D eigenvalue weighted by Gasteiger charge is 2.32. The average Bonchev–Trinajstić information content (AvgIpc) is 4.20. The van der Waals surface area contributed by atoms with Gasteiger partial charge >= 0.3 is 0 Å². The van der Waals surface area contributed by atoms with Crippen LogP contribution in [0.1, 0.15) is 168 Å². The summed E-state index contributed by atoms with van der Waals surface area (Å²) in [6.07, 6.45) is 20.4. The van der Waals surface area contributed by atoms with Gasteiger partial charge in [-0.3, -0.25) is 37.9 Å². The molecule has 13 nitrogen and oxygen atoms in total. The topological polar surface area (TPSA) is 169 Å². The maximum atomic E-state index is 15.6. The van der Waals surface area contributed by atoms with E-state index in [4.69, 9.17) is 9.61 Å². The highest BCUT2D eigenvalue weighted by molar-refractivity contribution is 6.48. The SMILES string of the molecule is CCCCCCC(CCCCCC)n1c(=O)c2ccc3c4ccc5c(=O)n(C(CCCCCC)CCCCCC)c(=O)c6cc7c8c(=O)n(-c9ccc(-c%10cccc%11nonc%10%11)cn9)c(=O)c8c8cc(c1=O)c2c3c8c7c4c56. The van der Waals surface area contributed by atoms with Crippen molar-refractivity contribution in [3.05, 3.63) is 135 Å². The van der Waals surface area contributed by atoms with Crippen LogP contribution in [0.3, 0.4) is 0 Å². The zero-order chi connectivity index (χ0) is 53.9. The van der Waals surface area contributed by atoms with Crippen LogP contribution in [0.15, 0.2) is 106 Å². The van der Waals surface area contributed by atoms with Gasteiger partial charge < -0.3 is 0 Å². The van der Waals surface area contributed by atoms with Gasteiger partial charge in [-0.05, 0) is 122 Å². The third-order valence-corrected chi connectivity index (χ3v) is 17.4. The van der Waals surface area contributed by atoms with Crippen LogP contribution >= 0.6 is 0 Å². The Morgan fingerprint density at radius 3 is 1.28 bits per heavy atom. The number of hydrogen-bond donors (Lipinski definition) is 0. The van der Waals surface area contributed by atoms with Gasteiger partial charge in [-0.15, -0.1) is 0 Å². The number of nitrogens with zero attached hydrogens (tertiary/aromatic N) is 6. The molecule has 0 saturated carbocycles. The van der Waals surface area contributed by atoms with E-state index in [2.05, 4.69) is 38.0 Å². The molecule has 12 rings (SSSR count). The molecule has 0 amide bonds. The number of rotatable bonds is 24. The number of aromatic nitrogens is 6. The molecule has 398 valence electrons. The zero-order valence-corrected chi connectivity index (χ0v) is 45.3. The monoisotopic (exact) mass is 1040 g/mol. The summed E-state index contributed by atoms with van der Waals surface area (Å²) in [6.45, 7) is 8.67. The molecule has 12 aromatic rings. The van der Waals surface area contributed by atoms with Crippen LogP contribution in [0, 0.1) is 0 Å². The van der Waals surface area contributed by atoms with Crippen molar-refractivity contribution < 1.29 is 4.63 Å². The number of pyridine rings is 3. The normalized spacial score (nSPS) is 12.6. The quantitative estimate of drug-likeness (QED) is 0.0322. The van der Waals surface area contributed by atoms with Crippen molar-refractivity contribution in [3.63, 3.8) is 0 Å². The second-order valence-electron chi connectivity index (χ2n) is 22.2. The molecule has 0 atom stereocenters. The van der Waals surface area contributed by atoms with E-state index in [0.717, 1.165) is 118 Å². The van der Waals surface area contributed by atoms with Gasteiger partial charge in [0.25, 0.3) is 33.4 Å². The number of unbranched alkanes of at least 4 members (excludes halogenated alkanes) is 12. The predicted octanol–water partition coefficient (Wildman–Crippen LogP) is 14.2. The molecule has 0 bridgehead atoms. The summed E-state index contributed by atoms with van der Waals surface area (Å²) in [5.41, 5.74) is -0.255. The van der Waals surface area contributed by atoms with E-state index in [9.17, 15) is 0 Å². The minimum atomic E-state index is -0.624. The summed E-state index contributed by atoms with van der Waals surface area (Å²) >= 11 is 0. The van der Waals surface area contributed by atoms with E-state index >= 15 is 28.8 Å². The first-order valence-electron chi connectivity index (χ1n) is 29.0. The van der Waals surface area contributed by atoms with Crippen molar-refractivity contribution in [2.45, 2.75) is 168 Å². The van der Waals surface area contributed by atoms with Gasteiger partial charge in [0, 0.05) is 61.7 Å². The Morgan fingerprint density at radius 1 is 0.410 bits per heavy atom. The first-order chi connectivity index (χ1) is 38.1. The molecule has 0 unspecified atom stereocenters.